The predicted octanol–water partition coefficient (Wildman–Crippen LogP) is 2.63. The molecule has 0 bridgehead atoms. The average molecular weight is 468 g/mol. The van der Waals surface area contributed by atoms with Crippen LogP contribution in [0.25, 0.3) is 0 Å². The molecule has 0 fully saturated rings. The number of guanidine groups is 1. The number of sulfone groups is 1. The van der Waals surface area contributed by atoms with Gasteiger partial charge in [-0.3, -0.25) is 20.0 Å². The molecule has 3 aromatic rings. The lowest BCUT2D eigenvalue weighted by Gasteiger charge is -2.17. The van der Waals surface area contributed by atoms with Crippen LogP contribution in [0, 0.1) is 5.41 Å². The summed E-state index contributed by atoms with van der Waals surface area (Å²) in [5.74, 6) is -2.06. The van der Waals surface area contributed by atoms with Gasteiger partial charge in [0.15, 0.2) is 15.8 Å². The first kappa shape index (κ1) is 23.4. The van der Waals surface area contributed by atoms with Crippen molar-refractivity contribution in [2.24, 2.45) is 5.73 Å². The van der Waals surface area contributed by atoms with E-state index < -0.39 is 33.4 Å². The van der Waals surface area contributed by atoms with Crippen LogP contribution >= 0.6 is 0 Å². The Bertz CT molecular complexity index is 1300. The lowest BCUT2D eigenvalue weighted by atomic mass is 10.1. The Kier molecular flexibility index (Phi) is 7.04. The number of carboxylic acid groups (broad SMARTS) is 1. The standard InChI is InChI=1S/C22H21N5O5S/c23-22(24)27-16-6-1-4-14(10-16)21(30)26-17-7-2-8-18(11-17)33(31,32)19(12-20(28)29)15-5-3-9-25-13-15/h1-11,13,19H,12H2,(H,26,30)(H,28,29)(H4,23,24,27). The topological polar surface area (TPSA) is 175 Å². The predicted molar refractivity (Wildman–Crippen MR) is 123 cm³/mol. The Labute approximate surface area is 189 Å². The van der Waals surface area contributed by atoms with E-state index in [1.54, 1.807) is 18.2 Å². The summed E-state index contributed by atoms with van der Waals surface area (Å²) in [6.07, 6.45) is 2.14. The molecular formula is C22H21N5O5S. The van der Waals surface area contributed by atoms with Gasteiger partial charge in [0.25, 0.3) is 5.91 Å². The fraction of sp³-hybridized carbons (Fsp3) is 0.0909. The van der Waals surface area contributed by atoms with Crippen molar-refractivity contribution in [3.63, 3.8) is 0 Å². The summed E-state index contributed by atoms with van der Waals surface area (Å²) < 4.78 is 26.6. The number of aliphatic carboxylic acids is 1. The van der Waals surface area contributed by atoms with Gasteiger partial charge in [0.2, 0.25) is 0 Å². The third kappa shape index (κ3) is 5.92. The molecule has 6 N–H and O–H groups in total. The van der Waals surface area contributed by atoms with Crippen molar-refractivity contribution in [2.45, 2.75) is 16.6 Å². The second kappa shape index (κ2) is 9.92. The molecule has 1 heterocycles. The van der Waals surface area contributed by atoms with E-state index in [2.05, 4.69) is 15.6 Å². The fourth-order valence-electron chi connectivity index (χ4n) is 3.14. The molecule has 0 spiro atoms. The molecule has 2 aromatic carbocycles. The van der Waals surface area contributed by atoms with Crippen molar-refractivity contribution >= 4 is 39.0 Å². The molecule has 0 aliphatic rings. The van der Waals surface area contributed by atoms with Gasteiger partial charge in [-0.2, -0.15) is 0 Å². The van der Waals surface area contributed by atoms with E-state index in [1.165, 1.54) is 54.9 Å². The maximum Gasteiger partial charge on any atom is 0.305 e. The SMILES string of the molecule is N=C(N)Nc1cccc(C(=O)Nc2cccc(S(=O)(=O)C(CC(=O)O)c3cccnc3)c2)c1. The average Bonchev–Trinajstić information content (AvgIpc) is 2.78. The molecule has 1 atom stereocenters. The number of nitrogens with one attached hydrogen (secondary N) is 3. The number of hydrogen-bond donors (Lipinski definition) is 5. The number of rotatable bonds is 8. The van der Waals surface area contributed by atoms with Gasteiger partial charge >= 0.3 is 5.97 Å². The van der Waals surface area contributed by atoms with Gasteiger partial charge in [-0.05, 0) is 48.0 Å². The summed E-state index contributed by atoms with van der Waals surface area (Å²) in [4.78, 5) is 27.8. The minimum absolute atomic E-state index is 0.137. The van der Waals surface area contributed by atoms with E-state index >= 15 is 0 Å². The molecule has 3 rings (SSSR count). The van der Waals surface area contributed by atoms with Crippen LogP contribution in [0.3, 0.4) is 0 Å². The minimum atomic E-state index is -4.11. The molecule has 33 heavy (non-hydrogen) atoms. The van der Waals surface area contributed by atoms with Crippen LogP contribution in [0.1, 0.15) is 27.6 Å². The highest BCUT2D eigenvalue weighted by Crippen LogP contribution is 2.32. The highest BCUT2D eigenvalue weighted by Gasteiger charge is 2.31. The van der Waals surface area contributed by atoms with Gasteiger partial charge in [-0.25, -0.2) is 8.42 Å². The number of anilines is 2. The molecule has 0 aliphatic heterocycles. The summed E-state index contributed by atoms with van der Waals surface area (Å²) in [5.41, 5.74) is 6.47. The highest BCUT2D eigenvalue weighted by atomic mass is 32.2. The molecule has 0 aliphatic carbocycles. The molecule has 170 valence electrons. The molecule has 1 aromatic heterocycles. The number of aromatic nitrogens is 1. The Hall–Kier alpha value is -4.25. The normalized spacial score (nSPS) is 11.9. The summed E-state index contributed by atoms with van der Waals surface area (Å²) in [6.45, 7) is 0. The van der Waals surface area contributed by atoms with Crippen molar-refractivity contribution in [3.8, 4) is 0 Å². The molecular weight excluding hydrogens is 446 g/mol. The number of amides is 1. The summed E-state index contributed by atoms with van der Waals surface area (Å²) in [7, 11) is -4.11. The van der Waals surface area contributed by atoms with Gasteiger partial charge in [0.1, 0.15) is 5.25 Å². The molecule has 11 heteroatoms. The Morgan fingerprint density at radius 1 is 1.03 bits per heavy atom. The number of nitrogens with two attached hydrogens (primary N) is 1. The van der Waals surface area contributed by atoms with Crippen molar-refractivity contribution in [1.82, 2.24) is 4.98 Å². The smallest absolute Gasteiger partial charge is 0.305 e. The van der Waals surface area contributed by atoms with Crippen molar-refractivity contribution in [1.29, 1.82) is 5.41 Å². The number of carbonyl (C=O) groups is 2. The second-order valence-corrected chi connectivity index (χ2v) is 9.15. The lowest BCUT2D eigenvalue weighted by molar-refractivity contribution is -0.137. The first-order chi connectivity index (χ1) is 15.7. The monoisotopic (exact) mass is 467 g/mol. The summed E-state index contributed by atoms with van der Waals surface area (Å²) in [6, 6.07) is 14.9. The number of benzene rings is 2. The van der Waals surface area contributed by atoms with Crippen molar-refractivity contribution < 1.29 is 23.1 Å². The van der Waals surface area contributed by atoms with E-state index in [1.807, 2.05) is 0 Å². The maximum atomic E-state index is 13.3. The number of carbonyl (C=O) groups excluding carboxylic acids is 1. The molecule has 1 amide bonds. The first-order valence-electron chi connectivity index (χ1n) is 9.65. The quantitative estimate of drug-likeness (QED) is 0.248. The van der Waals surface area contributed by atoms with Gasteiger partial charge in [0, 0.05) is 29.3 Å². The van der Waals surface area contributed by atoms with Crippen LogP contribution < -0.4 is 16.4 Å². The third-order valence-corrected chi connectivity index (χ3v) is 6.71. The Morgan fingerprint density at radius 2 is 1.73 bits per heavy atom. The van der Waals surface area contributed by atoms with Gasteiger partial charge in [-0.1, -0.05) is 18.2 Å². The molecule has 0 radical (unpaired) electrons. The highest BCUT2D eigenvalue weighted by molar-refractivity contribution is 7.91. The van der Waals surface area contributed by atoms with Crippen LogP contribution in [-0.4, -0.2) is 36.3 Å². The minimum Gasteiger partial charge on any atom is -0.481 e. The van der Waals surface area contributed by atoms with E-state index in [4.69, 9.17) is 11.1 Å². The zero-order valence-electron chi connectivity index (χ0n) is 17.2. The molecule has 0 saturated heterocycles. The van der Waals surface area contributed by atoms with Crippen molar-refractivity contribution in [3.05, 3.63) is 84.2 Å². The molecule has 10 nitrogen and oxygen atoms in total. The summed E-state index contributed by atoms with van der Waals surface area (Å²) in [5, 5.41) is 20.4. The van der Waals surface area contributed by atoms with E-state index in [9.17, 15) is 23.1 Å². The van der Waals surface area contributed by atoms with Crippen LogP contribution in [0.4, 0.5) is 11.4 Å². The van der Waals surface area contributed by atoms with E-state index in [-0.39, 0.29) is 27.7 Å². The number of nitrogens with zero attached hydrogens (tertiary/aromatic N) is 1. The van der Waals surface area contributed by atoms with Crippen LogP contribution in [0.15, 0.2) is 78.0 Å². The summed E-state index contributed by atoms with van der Waals surface area (Å²) >= 11 is 0. The zero-order chi connectivity index (χ0) is 24.0. The second-order valence-electron chi connectivity index (χ2n) is 7.02. The van der Waals surface area contributed by atoms with Gasteiger partial charge in [0.05, 0.1) is 11.3 Å². The molecule has 0 saturated carbocycles. The number of carboxylic acids is 1. The van der Waals surface area contributed by atoms with Crippen LogP contribution in [0.5, 0.6) is 0 Å². The fourth-order valence-corrected chi connectivity index (χ4v) is 4.89. The van der Waals surface area contributed by atoms with Crippen LogP contribution in [-0.2, 0) is 14.6 Å². The Balaban J connectivity index is 1.88. The van der Waals surface area contributed by atoms with Crippen LogP contribution in [0.2, 0.25) is 0 Å². The van der Waals surface area contributed by atoms with E-state index in [0.717, 1.165) is 0 Å². The number of pyridine rings is 1. The van der Waals surface area contributed by atoms with Gasteiger partial charge < -0.3 is 21.5 Å². The number of hydrogen-bond acceptors (Lipinski definition) is 6. The Morgan fingerprint density at radius 3 is 2.36 bits per heavy atom. The molecule has 1 unspecified atom stereocenters. The zero-order valence-corrected chi connectivity index (χ0v) is 18.0. The van der Waals surface area contributed by atoms with Crippen molar-refractivity contribution in [2.75, 3.05) is 10.6 Å². The largest absolute Gasteiger partial charge is 0.481 e. The maximum absolute atomic E-state index is 13.3. The third-order valence-electron chi connectivity index (χ3n) is 4.61. The van der Waals surface area contributed by atoms with Gasteiger partial charge in [-0.15, -0.1) is 0 Å². The lowest BCUT2D eigenvalue weighted by Crippen LogP contribution is -2.21. The van der Waals surface area contributed by atoms with E-state index in [0.29, 0.717) is 5.69 Å². The first-order valence-corrected chi connectivity index (χ1v) is 11.2.